The molecular formula is C16H32N2O8P2. The second-order valence-electron chi connectivity index (χ2n) is 6.92. The largest absolute Gasteiger partial charge is 0.481 e. The Kier molecular flexibility index (Phi) is 12.9. The van der Waals surface area contributed by atoms with E-state index < -0.39 is 34.0 Å². The highest BCUT2D eigenvalue weighted by molar-refractivity contribution is 7.19. The third kappa shape index (κ3) is 10.0. The number of amides is 2. The molecule has 0 aromatic heterocycles. The zero-order chi connectivity index (χ0) is 21.8. The summed E-state index contributed by atoms with van der Waals surface area (Å²) < 4.78 is 0. The maximum atomic E-state index is 12.4. The number of aliphatic carboxylic acids is 1. The average molecular weight is 442 g/mol. The Morgan fingerprint density at radius 2 is 1.14 bits per heavy atom. The fourth-order valence-electron chi connectivity index (χ4n) is 2.18. The second-order valence-corrected chi connectivity index (χ2v) is 9.37. The summed E-state index contributed by atoms with van der Waals surface area (Å²) in [4.78, 5) is 35.5. The molecule has 0 aliphatic carbocycles. The van der Waals surface area contributed by atoms with E-state index in [9.17, 15) is 34.8 Å². The molecule has 0 radical (unpaired) electrons. The van der Waals surface area contributed by atoms with Crippen LogP contribution in [0.3, 0.4) is 0 Å². The highest BCUT2D eigenvalue weighted by Gasteiger charge is 2.29. The Labute approximate surface area is 168 Å². The Bertz CT molecular complexity index is 477. The number of aliphatic hydroxyl groups excluding tert-OH is 4. The van der Waals surface area contributed by atoms with E-state index in [-0.39, 0.29) is 65.2 Å². The molecule has 0 aromatic rings. The third-order valence-electron chi connectivity index (χ3n) is 4.38. The van der Waals surface area contributed by atoms with Crippen LogP contribution in [0.15, 0.2) is 0 Å². The van der Waals surface area contributed by atoms with E-state index >= 15 is 0 Å². The highest BCUT2D eigenvalue weighted by Crippen LogP contribution is 2.22. The SMILES string of the molecule is O=C(O)CCC(C(=O)NCCC(P)(CO)CO)C(=O)NCCC(P)(CO)CO. The maximum Gasteiger partial charge on any atom is 0.303 e. The van der Waals surface area contributed by atoms with Crippen molar-refractivity contribution in [3.63, 3.8) is 0 Å². The number of carboxylic acid groups (broad SMARTS) is 1. The first-order valence-corrected chi connectivity index (χ1v) is 10.0. The summed E-state index contributed by atoms with van der Waals surface area (Å²) in [6, 6.07) is 0. The van der Waals surface area contributed by atoms with Crippen LogP contribution >= 0.6 is 18.5 Å². The van der Waals surface area contributed by atoms with Crippen molar-refractivity contribution in [3.05, 3.63) is 0 Å². The Balaban J connectivity index is 4.79. The van der Waals surface area contributed by atoms with Gasteiger partial charge in [-0.3, -0.25) is 14.4 Å². The summed E-state index contributed by atoms with van der Waals surface area (Å²) in [7, 11) is 4.64. The van der Waals surface area contributed by atoms with Crippen LogP contribution in [-0.2, 0) is 14.4 Å². The Morgan fingerprint density at radius 1 is 0.786 bits per heavy atom. The van der Waals surface area contributed by atoms with Crippen LogP contribution in [-0.4, -0.2) is 93.1 Å². The fraction of sp³-hybridized carbons (Fsp3) is 0.812. The van der Waals surface area contributed by atoms with E-state index in [0.29, 0.717) is 0 Å². The standard InChI is InChI=1S/C16H32N2O8P2/c19-7-15(27,8-20)3-5-17-13(25)11(1-2-12(23)24)14(26)18-6-4-16(28,9-21)10-22/h11,19-22H,1-10,27-28H2,(H,17,25)(H,18,26)(H,23,24). The van der Waals surface area contributed by atoms with Crippen LogP contribution in [0.1, 0.15) is 25.7 Å². The molecule has 2 unspecified atom stereocenters. The van der Waals surface area contributed by atoms with Crippen molar-refractivity contribution in [2.24, 2.45) is 5.92 Å². The first-order valence-electron chi connectivity index (χ1n) is 8.85. The molecule has 12 heteroatoms. The van der Waals surface area contributed by atoms with Crippen molar-refractivity contribution in [1.29, 1.82) is 0 Å². The average Bonchev–Trinajstić information content (AvgIpc) is 2.67. The molecule has 0 saturated heterocycles. The number of carbonyl (C=O) groups is 3. The lowest BCUT2D eigenvalue weighted by molar-refractivity contribution is -0.138. The van der Waals surface area contributed by atoms with Crippen molar-refractivity contribution < 1.29 is 39.9 Å². The van der Waals surface area contributed by atoms with Crippen molar-refractivity contribution in [2.45, 2.75) is 36.0 Å². The first kappa shape index (κ1) is 27.1. The van der Waals surface area contributed by atoms with Gasteiger partial charge in [-0.05, 0) is 19.3 Å². The molecular weight excluding hydrogens is 410 g/mol. The van der Waals surface area contributed by atoms with Crippen LogP contribution in [0.4, 0.5) is 0 Å². The zero-order valence-electron chi connectivity index (χ0n) is 15.8. The number of hydrogen-bond donors (Lipinski definition) is 7. The molecule has 0 aliphatic rings. The molecule has 0 spiro atoms. The molecule has 0 saturated carbocycles. The number of nitrogens with one attached hydrogen (secondary N) is 2. The number of carbonyl (C=O) groups excluding carboxylic acids is 2. The monoisotopic (exact) mass is 442 g/mol. The molecule has 0 fully saturated rings. The van der Waals surface area contributed by atoms with Gasteiger partial charge in [-0.15, -0.1) is 18.5 Å². The molecule has 164 valence electrons. The van der Waals surface area contributed by atoms with E-state index in [4.69, 9.17) is 5.11 Å². The van der Waals surface area contributed by atoms with E-state index in [0.717, 1.165) is 0 Å². The van der Waals surface area contributed by atoms with Gasteiger partial charge in [-0.2, -0.15) is 0 Å². The number of aliphatic hydroxyl groups is 4. The predicted octanol–water partition coefficient (Wildman–Crippen LogP) is -2.32. The summed E-state index contributed by atoms with van der Waals surface area (Å²) in [5, 5.41) is 49.1. The Morgan fingerprint density at radius 3 is 1.43 bits per heavy atom. The normalized spacial score (nSPS) is 12.1. The fourth-order valence-corrected chi connectivity index (χ4v) is 2.47. The number of hydrogen-bond acceptors (Lipinski definition) is 7. The van der Waals surface area contributed by atoms with E-state index in [2.05, 4.69) is 29.1 Å². The van der Waals surface area contributed by atoms with Gasteiger partial charge in [-0.25, -0.2) is 0 Å². The lowest BCUT2D eigenvalue weighted by Gasteiger charge is -2.25. The van der Waals surface area contributed by atoms with Crippen molar-refractivity contribution in [1.82, 2.24) is 10.6 Å². The number of carboxylic acids is 1. The number of rotatable bonds is 15. The van der Waals surface area contributed by atoms with Gasteiger partial charge in [0.05, 0.1) is 26.4 Å². The van der Waals surface area contributed by atoms with E-state index in [1.54, 1.807) is 0 Å². The van der Waals surface area contributed by atoms with Crippen LogP contribution in [0.25, 0.3) is 0 Å². The highest BCUT2D eigenvalue weighted by atomic mass is 31.0. The van der Waals surface area contributed by atoms with Crippen LogP contribution < -0.4 is 10.6 Å². The minimum atomic E-state index is -1.22. The van der Waals surface area contributed by atoms with Gasteiger partial charge in [0.2, 0.25) is 11.8 Å². The minimum Gasteiger partial charge on any atom is -0.481 e. The molecule has 2 amide bonds. The summed E-state index contributed by atoms with van der Waals surface area (Å²) in [5.74, 6) is -3.66. The summed E-state index contributed by atoms with van der Waals surface area (Å²) in [5.41, 5.74) is 0. The third-order valence-corrected chi connectivity index (χ3v) is 5.69. The maximum absolute atomic E-state index is 12.4. The molecule has 0 rings (SSSR count). The summed E-state index contributed by atoms with van der Waals surface area (Å²) in [6.45, 7) is -1.05. The molecule has 10 nitrogen and oxygen atoms in total. The second kappa shape index (κ2) is 13.4. The van der Waals surface area contributed by atoms with Gasteiger partial charge in [0.1, 0.15) is 5.92 Å². The zero-order valence-corrected chi connectivity index (χ0v) is 18.1. The van der Waals surface area contributed by atoms with Gasteiger partial charge < -0.3 is 36.2 Å². The van der Waals surface area contributed by atoms with Crippen LogP contribution in [0.2, 0.25) is 0 Å². The molecule has 7 N–H and O–H groups in total. The summed E-state index contributed by atoms with van der Waals surface area (Å²) in [6.07, 6.45) is -0.0727. The molecule has 2 atom stereocenters. The van der Waals surface area contributed by atoms with Gasteiger partial charge in [0.25, 0.3) is 0 Å². The summed E-state index contributed by atoms with van der Waals surface area (Å²) >= 11 is 0. The first-order chi connectivity index (χ1) is 13.1. The van der Waals surface area contributed by atoms with Gasteiger partial charge in [0.15, 0.2) is 0 Å². The van der Waals surface area contributed by atoms with Crippen LogP contribution in [0, 0.1) is 5.92 Å². The van der Waals surface area contributed by atoms with Gasteiger partial charge in [0, 0.05) is 29.8 Å². The van der Waals surface area contributed by atoms with Gasteiger partial charge in [-0.1, -0.05) is 0 Å². The quantitative estimate of drug-likeness (QED) is 0.109. The van der Waals surface area contributed by atoms with Crippen molar-refractivity contribution in [3.8, 4) is 0 Å². The van der Waals surface area contributed by atoms with E-state index in [1.807, 2.05) is 0 Å². The predicted molar refractivity (Wildman–Crippen MR) is 109 cm³/mol. The lowest BCUT2D eigenvalue weighted by Crippen LogP contribution is -2.44. The van der Waals surface area contributed by atoms with Crippen LogP contribution in [0.5, 0.6) is 0 Å². The van der Waals surface area contributed by atoms with Crippen molar-refractivity contribution >= 4 is 36.3 Å². The molecule has 0 heterocycles. The molecule has 0 aromatic carbocycles. The molecule has 0 aliphatic heterocycles. The molecule has 28 heavy (non-hydrogen) atoms. The Hall–Kier alpha value is -0.890. The van der Waals surface area contributed by atoms with Crippen molar-refractivity contribution in [2.75, 3.05) is 39.5 Å². The minimum absolute atomic E-state index is 0.0873. The lowest BCUT2D eigenvalue weighted by atomic mass is 10.00. The molecule has 0 bridgehead atoms. The van der Waals surface area contributed by atoms with E-state index in [1.165, 1.54) is 0 Å². The topological polar surface area (TPSA) is 176 Å². The van der Waals surface area contributed by atoms with Gasteiger partial charge >= 0.3 is 5.97 Å². The smallest absolute Gasteiger partial charge is 0.303 e.